The van der Waals surface area contributed by atoms with Gasteiger partial charge in [-0.15, -0.1) is 0 Å². The molecule has 2 aromatic heterocycles. The number of rotatable bonds is 8. The summed E-state index contributed by atoms with van der Waals surface area (Å²) in [6, 6.07) is 6.14. The summed E-state index contributed by atoms with van der Waals surface area (Å²) in [6.07, 6.45) is 9.25. The van der Waals surface area contributed by atoms with E-state index in [0.717, 1.165) is 66.5 Å². The first-order valence-electron chi connectivity index (χ1n) is 11.0. The van der Waals surface area contributed by atoms with Crippen molar-refractivity contribution >= 4 is 22.9 Å². The van der Waals surface area contributed by atoms with Crippen molar-refractivity contribution in [3.8, 4) is 5.69 Å². The molecule has 30 heavy (non-hydrogen) atoms. The Morgan fingerprint density at radius 3 is 2.77 bits per heavy atom. The molecule has 0 saturated heterocycles. The molecule has 0 radical (unpaired) electrons. The monoisotopic (exact) mass is 404 g/mol. The van der Waals surface area contributed by atoms with Gasteiger partial charge in [0.05, 0.1) is 5.69 Å². The molecule has 156 valence electrons. The maximum absolute atomic E-state index is 12.5. The van der Waals surface area contributed by atoms with Crippen LogP contribution >= 0.6 is 0 Å². The van der Waals surface area contributed by atoms with Gasteiger partial charge in [-0.25, -0.2) is 15.0 Å². The van der Waals surface area contributed by atoms with E-state index in [1.54, 1.807) is 12.7 Å². The quantitative estimate of drug-likeness (QED) is 0.620. The lowest BCUT2D eigenvalue weighted by molar-refractivity contribution is 0.0951. The molecular weight excluding hydrogens is 376 g/mol. The van der Waals surface area contributed by atoms with E-state index < -0.39 is 0 Å². The second-order valence-corrected chi connectivity index (χ2v) is 8.62. The average molecular weight is 405 g/mol. The summed E-state index contributed by atoms with van der Waals surface area (Å²) < 4.78 is 1.98. The second-order valence-electron chi connectivity index (χ2n) is 8.62. The summed E-state index contributed by atoms with van der Waals surface area (Å²) in [5, 5.41) is 3.07. The SMILES string of the molecule is CCCN(CC1CC1)c1ncnc2c1ncn2-c1cc(C(=O)NC2CC2)ccc1C. The van der Waals surface area contributed by atoms with Crippen LogP contribution in [0.25, 0.3) is 16.9 Å². The maximum Gasteiger partial charge on any atom is 0.251 e. The lowest BCUT2D eigenvalue weighted by Crippen LogP contribution is -2.27. The van der Waals surface area contributed by atoms with Gasteiger partial charge in [0.25, 0.3) is 5.91 Å². The number of benzene rings is 1. The Kier molecular flexibility index (Phi) is 4.89. The molecule has 0 unspecified atom stereocenters. The summed E-state index contributed by atoms with van der Waals surface area (Å²) >= 11 is 0. The fraction of sp³-hybridized carbons (Fsp3) is 0.478. The lowest BCUT2D eigenvalue weighted by atomic mass is 10.1. The molecule has 2 fully saturated rings. The van der Waals surface area contributed by atoms with Crippen LogP contribution in [0.15, 0.2) is 30.9 Å². The Hall–Kier alpha value is -2.96. The highest BCUT2D eigenvalue weighted by molar-refractivity contribution is 5.95. The Morgan fingerprint density at radius 1 is 1.20 bits per heavy atom. The number of imidazole rings is 1. The summed E-state index contributed by atoms with van der Waals surface area (Å²) in [5.74, 6) is 1.66. The molecule has 3 aromatic rings. The first kappa shape index (κ1) is 19.0. The van der Waals surface area contributed by atoms with Crippen LogP contribution in [0.4, 0.5) is 5.82 Å². The van der Waals surface area contributed by atoms with Crippen LogP contribution in [0, 0.1) is 12.8 Å². The number of hydrogen-bond acceptors (Lipinski definition) is 5. The maximum atomic E-state index is 12.5. The average Bonchev–Trinajstić information content (AvgIpc) is 3.68. The third-order valence-electron chi connectivity index (χ3n) is 5.93. The van der Waals surface area contributed by atoms with Crippen molar-refractivity contribution in [3.05, 3.63) is 42.0 Å². The van der Waals surface area contributed by atoms with Crippen LogP contribution in [0.2, 0.25) is 0 Å². The van der Waals surface area contributed by atoms with E-state index in [1.165, 1.54) is 12.8 Å². The van der Waals surface area contributed by atoms with Gasteiger partial charge in [0.2, 0.25) is 0 Å². The first-order chi connectivity index (χ1) is 14.6. The number of aromatic nitrogens is 4. The minimum absolute atomic E-state index is 0.0166. The fourth-order valence-corrected chi connectivity index (χ4v) is 3.90. The minimum atomic E-state index is -0.0166. The zero-order valence-corrected chi connectivity index (χ0v) is 17.6. The Labute approximate surface area is 176 Å². The van der Waals surface area contributed by atoms with E-state index in [4.69, 9.17) is 4.98 Å². The van der Waals surface area contributed by atoms with Gasteiger partial charge in [-0.3, -0.25) is 9.36 Å². The zero-order valence-electron chi connectivity index (χ0n) is 17.6. The summed E-state index contributed by atoms with van der Waals surface area (Å²) in [4.78, 5) is 28.7. The third kappa shape index (κ3) is 3.76. The van der Waals surface area contributed by atoms with Crippen molar-refractivity contribution in [1.29, 1.82) is 0 Å². The topological polar surface area (TPSA) is 75.9 Å². The molecule has 2 saturated carbocycles. The van der Waals surface area contributed by atoms with Crippen molar-refractivity contribution in [2.24, 2.45) is 5.92 Å². The Bertz CT molecular complexity index is 1080. The van der Waals surface area contributed by atoms with Gasteiger partial charge in [-0.2, -0.15) is 0 Å². The van der Waals surface area contributed by atoms with Crippen LogP contribution in [-0.4, -0.2) is 44.6 Å². The van der Waals surface area contributed by atoms with Crippen LogP contribution in [0.3, 0.4) is 0 Å². The van der Waals surface area contributed by atoms with Crippen molar-refractivity contribution < 1.29 is 4.79 Å². The third-order valence-corrected chi connectivity index (χ3v) is 5.93. The van der Waals surface area contributed by atoms with Gasteiger partial charge in [-0.05, 0) is 62.6 Å². The van der Waals surface area contributed by atoms with E-state index in [2.05, 4.69) is 27.1 Å². The molecule has 2 aliphatic carbocycles. The normalized spacial score (nSPS) is 16.1. The van der Waals surface area contributed by atoms with E-state index in [1.807, 2.05) is 29.7 Å². The van der Waals surface area contributed by atoms with Crippen LogP contribution < -0.4 is 10.2 Å². The van der Waals surface area contributed by atoms with E-state index in [0.29, 0.717) is 11.6 Å². The number of aryl methyl sites for hydroxylation is 1. The molecule has 0 aliphatic heterocycles. The highest BCUT2D eigenvalue weighted by Crippen LogP contribution is 2.33. The van der Waals surface area contributed by atoms with Crippen LogP contribution in [0.1, 0.15) is 54.9 Å². The smallest absolute Gasteiger partial charge is 0.251 e. The lowest BCUT2D eigenvalue weighted by Gasteiger charge is -2.23. The molecule has 2 aliphatic rings. The van der Waals surface area contributed by atoms with Crippen molar-refractivity contribution in [2.45, 2.75) is 52.0 Å². The fourth-order valence-electron chi connectivity index (χ4n) is 3.90. The highest BCUT2D eigenvalue weighted by Gasteiger charge is 2.27. The van der Waals surface area contributed by atoms with Gasteiger partial charge in [-0.1, -0.05) is 13.0 Å². The number of fused-ring (bicyclic) bond motifs is 1. The summed E-state index contributed by atoms with van der Waals surface area (Å²) in [6.45, 7) is 6.23. The number of amides is 1. The standard InChI is InChI=1S/C23H28N6O/c1-3-10-28(12-16-5-6-16)21-20-22(25-13-24-21)29(14-26-20)19-11-17(7-4-15(19)2)23(30)27-18-8-9-18/h4,7,11,13-14,16,18H,3,5-6,8-10,12H2,1-2H3,(H,27,30). The molecular formula is C23H28N6O. The molecule has 0 spiro atoms. The number of nitrogens with one attached hydrogen (secondary N) is 1. The van der Waals surface area contributed by atoms with Crippen molar-refractivity contribution in [3.63, 3.8) is 0 Å². The molecule has 1 N–H and O–H groups in total. The molecule has 1 amide bonds. The predicted molar refractivity (Wildman–Crippen MR) is 117 cm³/mol. The van der Waals surface area contributed by atoms with Gasteiger partial charge in [0.15, 0.2) is 17.0 Å². The number of carbonyl (C=O) groups is 1. The molecule has 2 heterocycles. The largest absolute Gasteiger partial charge is 0.354 e. The minimum Gasteiger partial charge on any atom is -0.354 e. The number of hydrogen-bond donors (Lipinski definition) is 1. The van der Waals surface area contributed by atoms with Crippen LogP contribution in [0.5, 0.6) is 0 Å². The summed E-state index contributed by atoms with van der Waals surface area (Å²) in [7, 11) is 0. The van der Waals surface area contributed by atoms with Gasteiger partial charge in [0, 0.05) is 24.7 Å². The molecule has 7 heteroatoms. The first-order valence-corrected chi connectivity index (χ1v) is 11.0. The molecule has 7 nitrogen and oxygen atoms in total. The molecule has 0 bridgehead atoms. The molecule has 5 rings (SSSR count). The van der Waals surface area contributed by atoms with Crippen molar-refractivity contribution in [1.82, 2.24) is 24.8 Å². The molecule has 0 atom stereocenters. The molecule has 1 aromatic carbocycles. The Balaban J connectivity index is 1.53. The number of carbonyl (C=O) groups excluding carboxylic acids is 1. The number of anilines is 1. The highest BCUT2D eigenvalue weighted by atomic mass is 16.1. The van der Waals surface area contributed by atoms with Crippen LogP contribution in [-0.2, 0) is 0 Å². The second kappa shape index (κ2) is 7.70. The van der Waals surface area contributed by atoms with E-state index >= 15 is 0 Å². The summed E-state index contributed by atoms with van der Waals surface area (Å²) in [5.41, 5.74) is 4.26. The van der Waals surface area contributed by atoms with Gasteiger partial charge in [0.1, 0.15) is 12.7 Å². The van der Waals surface area contributed by atoms with Gasteiger partial charge >= 0.3 is 0 Å². The zero-order chi connectivity index (χ0) is 20.7. The van der Waals surface area contributed by atoms with E-state index in [9.17, 15) is 4.79 Å². The van der Waals surface area contributed by atoms with Crippen molar-refractivity contribution in [2.75, 3.05) is 18.0 Å². The van der Waals surface area contributed by atoms with E-state index in [-0.39, 0.29) is 5.91 Å². The van der Waals surface area contributed by atoms with Gasteiger partial charge < -0.3 is 10.2 Å². The Morgan fingerprint density at radius 2 is 2.03 bits per heavy atom. The predicted octanol–water partition coefficient (Wildman–Crippen LogP) is 3.64. The number of nitrogens with zero attached hydrogens (tertiary/aromatic N) is 5.